The lowest BCUT2D eigenvalue weighted by molar-refractivity contribution is 0.123. The summed E-state index contributed by atoms with van der Waals surface area (Å²) in [5, 5.41) is 0. The topological polar surface area (TPSA) is 32.5 Å². The first-order valence-corrected chi connectivity index (χ1v) is 7.45. The van der Waals surface area contributed by atoms with Gasteiger partial charge >= 0.3 is 0 Å². The minimum absolute atomic E-state index is 0.167. The molecular weight excluding hydrogens is 210 g/mol. The molecule has 0 bridgehead atoms. The summed E-state index contributed by atoms with van der Waals surface area (Å²) in [7, 11) is 0. The van der Waals surface area contributed by atoms with E-state index >= 15 is 0 Å². The molecule has 2 fully saturated rings. The van der Waals surface area contributed by atoms with Crippen molar-refractivity contribution < 1.29 is 0 Å². The van der Waals surface area contributed by atoms with Crippen LogP contribution >= 0.6 is 0 Å². The molecule has 0 aromatic carbocycles. The second-order valence-corrected chi connectivity index (χ2v) is 5.95. The van der Waals surface area contributed by atoms with Crippen LogP contribution in [0.5, 0.6) is 0 Å². The lowest BCUT2D eigenvalue weighted by Crippen LogP contribution is -2.49. The van der Waals surface area contributed by atoms with Crippen LogP contribution < -0.4 is 5.73 Å². The molecule has 1 heterocycles. The minimum atomic E-state index is 0.167. The van der Waals surface area contributed by atoms with E-state index in [-0.39, 0.29) is 5.54 Å². The number of hydrogen-bond acceptors (Lipinski definition) is 3. The smallest absolute Gasteiger partial charge is 0.0166 e. The molecule has 2 rings (SSSR count). The van der Waals surface area contributed by atoms with Crippen molar-refractivity contribution >= 4 is 0 Å². The van der Waals surface area contributed by atoms with Crippen molar-refractivity contribution in [3.8, 4) is 0 Å². The highest BCUT2D eigenvalue weighted by Crippen LogP contribution is 2.28. The molecule has 0 amide bonds. The SMILES string of the molecule is CCN1CCN(CCC2(N)CCCCC2)CC1. The van der Waals surface area contributed by atoms with Crippen LogP contribution in [0.25, 0.3) is 0 Å². The van der Waals surface area contributed by atoms with Gasteiger partial charge in [0.05, 0.1) is 0 Å². The molecule has 0 spiro atoms. The monoisotopic (exact) mass is 239 g/mol. The summed E-state index contributed by atoms with van der Waals surface area (Å²) in [6, 6.07) is 0. The first kappa shape index (κ1) is 13.3. The highest BCUT2D eigenvalue weighted by atomic mass is 15.3. The number of rotatable bonds is 4. The van der Waals surface area contributed by atoms with Crippen molar-refractivity contribution in [2.75, 3.05) is 39.3 Å². The first-order chi connectivity index (χ1) is 8.22. The predicted octanol–water partition coefficient (Wildman–Crippen LogP) is 1.68. The van der Waals surface area contributed by atoms with E-state index in [1.807, 2.05) is 0 Å². The van der Waals surface area contributed by atoms with Crippen LogP contribution in [0.2, 0.25) is 0 Å². The Hall–Kier alpha value is -0.120. The Morgan fingerprint density at radius 3 is 2.12 bits per heavy atom. The summed E-state index contributed by atoms with van der Waals surface area (Å²) >= 11 is 0. The number of hydrogen-bond donors (Lipinski definition) is 1. The second-order valence-electron chi connectivity index (χ2n) is 5.95. The summed E-state index contributed by atoms with van der Waals surface area (Å²) in [4.78, 5) is 5.14. The van der Waals surface area contributed by atoms with Crippen molar-refractivity contribution in [3.63, 3.8) is 0 Å². The predicted molar refractivity (Wildman–Crippen MR) is 73.2 cm³/mol. The zero-order valence-electron chi connectivity index (χ0n) is 11.5. The first-order valence-electron chi connectivity index (χ1n) is 7.45. The lowest BCUT2D eigenvalue weighted by Gasteiger charge is -2.38. The van der Waals surface area contributed by atoms with Crippen LogP contribution in [0.4, 0.5) is 0 Å². The molecule has 0 radical (unpaired) electrons. The third-order valence-electron chi connectivity index (χ3n) is 4.69. The van der Waals surface area contributed by atoms with Gasteiger partial charge in [0.2, 0.25) is 0 Å². The molecule has 1 aliphatic heterocycles. The van der Waals surface area contributed by atoms with Gasteiger partial charge in [-0.15, -0.1) is 0 Å². The van der Waals surface area contributed by atoms with Crippen LogP contribution in [0, 0.1) is 0 Å². The van der Waals surface area contributed by atoms with Gasteiger partial charge in [-0.1, -0.05) is 26.2 Å². The van der Waals surface area contributed by atoms with Crippen molar-refractivity contribution in [3.05, 3.63) is 0 Å². The fourth-order valence-electron chi connectivity index (χ4n) is 3.22. The van der Waals surface area contributed by atoms with Gasteiger partial charge < -0.3 is 15.5 Å². The summed E-state index contributed by atoms with van der Waals surface area (Å²) < 4.78 is 0. The van der Waals surface area contributed by atoms with E-state index < -0.39 is 0 Å². The molecule has 1 saturated heterocycles. The van der Waals surface area contributed by atoms with Gasteiger partial charge in [-0.3, -0.25) is 0 Å². The molecule has 0 atom stereocenters. The van der Waals surface area contributed by atoms with Gasteiger partial charge in [-0.2, -0.15) is 0 Å². The lowest BCUT2D eigenvalue weighted by atomic mass is 9.80. The summed E-state index contributed by atoms with van der Waals surface area (Å²) in [6.45, 7) is 9.64. The van der Waals surface area contributed by atoms with Crippen LogP contribution in [0.1, 0.15) is 45.4 Å². The zero-order chi connectivity index (χ0) is 12.1. The Bertz CT molecular complexity index is 216. The molecule has 0 unspecified atom stereocenters. The quantitative estimate of drug-likeness (QED) is 0.810. The van der Waals surface area contributed by atoms with Gasteiger partial charge in [0.1, 0.15) is 0 Å². The number of nitrogens with zero attached hydrogens (tertiary/aromatic N) is 2. The number of piperazine rings is 1. The van der Waals surface area contributed by atoms with Gasteiger partial charge in [-0.05, 0) is 32.4 Å². The molecular formula is C14H29N3. The Labute approximate surface area is 106 Å². The summed E-state index contributed by atoms with van der Waals surface area (Å²) in [6.07, 6.45) is 7.80. The Balaban J connectivity index is 1.68. The molecule has 1 aliphatic carbocycles. The summed E-state index contributed by atoms with van der Waals surface area (Å²) in [5.74, 6) is 0. The average Bonchev–Trinajstić information content (AvgIpc) is 2.38. The van der Waals surface area contributed by atoms with E-state index in [4.69, 9.17) is 5.73 Å². The van der Waals surface area contributed by atoms with Gasteiger partial charge in [0, 0.05) is 31.7 Å². The van der Waals surface area contributed by atoms with E-state index in [9.17, 15) is 0 Å². The average molecular weight is 239 g/mol. The molecule has 3 nitrogen and oxygen atoms in total. The highest BCUT2D eigenvalue weighted by molar-refractivity contribution is 4.88. The van der Waals surface area contributed by atoms with E-state index in [2.05, 4.69) is 16.7 Å². The molecule has 17 heavy (non-hydrogen) atoms. The van der Waals surface area contributed by atoms with E-state index in [1.54, 1.807) is 0 Å². The fourth-order valence-corrected chi connectivity index (χ4v) is 3.22. The maximum absolute atomic E-state index is 6.49. The molecule has 3 heteroatoms. The molecule has 0 aromatic rings. The Morgan fingerprint density at radius 2 is 1.53 bits per heavy atom. The Morgan fingerprint density at radius 1 is 0.941 bits per heavy atom. The van der Waals surface area contributed by atoms with E-state index in [1.165, 1.54) is 77.8 Å². The molecule has 100 valence electrons. The van der Waals surface area contributed by atoms with E-state index in [0.29, 0.717) is 0 Å². The van der Waals surface area contributed by atoms with Crippen LogP contribution in [-0.2, 0) is 0 Å². The van der Waals surface area contributed by atoms with Crippen LogP contribution in [0.3, 0.4) is 0 Å². The summed E-state index contributed by atoms with van der Waals surface area (Å²) in [5.41, 5.74) is 6.66. The Kier molecular flexibility index (Phi) is 4.83. The van der Waals surface area contributed by atoms with Gasteiger partial charge in [0.25, 0.3) is 0 Å². The molecule has 0 aromatic heterocycles. The molecule has 2 N–H and O–H groups in total. The highest BCUT2D eigenvalue weighted by Gasteiger charge is 2.28. The van der Waals surface area contributed by atoms with Crippen molar-refractivity contribution in [2.45, 2.75) is 51.0 Å². The van der Waals surface area contributed by atoms with Crippen LogP contribution in [-0.4, -0.2) is 54.6 Å². The fraction of sp³-hybridized carbons (Fsp3) is 1.00. The second kappa shape index (κ2) is 6.17. The zero-order valence-corrected chi connectivity index (χ0v) is 11.5. The molecule has 1 saturated carbocycles. The third kappa shape index (κ3) is 3.94. The largest absolute Gasteiger partial charge is 0.325 e. The van der Waals surface area contributed by atoms with Crippen molar-refractivity contribution in [1.82, 2.24) is 9.80 Å². The number of nitrogens with two attached hydrogens (primary N) is 1. The maximum atomic E-state index is 6.49. The third-order valence-corrected chi connectivity index (χ3v) is 4.69. The standard InChI is InChI=1S/C14H29N3/c1-2-16-10-12-17(13-11-16)9-8-14(15)6-4-3-5-7-14/h2-13,15H2,1H3. The van der Waals surface area contributed by atoms with Crippen LogP contribution in [0.15, 0.2) is 0 Å². The van der Waals surface area contributed by atoms with Gasteiger partial charge in [-0.25, -0.2) is 0 Å². The maximum Gasteiger partial charge on any atom is 0.0166 e. The van der Waals surface area contributed by atoms with E-state index in [0.717, 1.165) is 0 Å². The van der Waals surface area contributed by atoms with Crippen molar-refractivity contribution in [2.24, 2.45) is 5.73 Å². The number of likely N-dealkylation sites (N-methyl/N-ethyl adjacent to an activating group) is 1. The minimum Gasteiger partial charge on any atom is -0.325 e. The van der Waals surface area contributed by atoms with Crippen molar-refractivity contribution in [1.29, 1.82) is 0 Å². The normalized spacial score (nSPS) is 27.2. The molecule has 2 aliphatic rings. The van der Waals surface area contributed by atoms with Gasteiger partial charge in [0.15, 0.2) is 0 Å².